The Labute approximate surface area is 283 Å². The van der Waals surface area contributed by atoms with Gasteiger partial charge in [-0.15, -0.1) is 0 Å². The van der Waals surface area contributed by atoms with E-state index in [0.29, 0.717) is 47.1 Å². The molecular weight excluding hydrogens is 608 g/mol. The van der Waals surface area contributed by atoms with Crippen molar-refractivity contribution in [2.24, 2.45) is 0 Å². The van der Waals surface area contributed by atoms with Gasteiger partial charge >= 0.3 is 6.09 Å². The molecule has 0 unspecified atom stereocenters. The van der Waals surface area contributed by atoms with Crippen LogP contribution < -0.4 is 29.2 Å². The zero-order valence-electron chi connectivity index (χ0n) is 28.7. The number of benzene rings is 3. The van der Waals surface area contributed by atoms with Crippen molar-refractivity contribution in [3.63, 3.8) is 0 Å². The Morgan fingerprint density at radius 3 is 2.42 bits per heavy atom. The summed E-state index contributed by atoms with van der Waals surface area (Å²) in [5.74, 6) is 3.14. The summed E-state index contributed by atoms with van der Waals surface area (Å²) in [7, 11) is 5.40. The van der Waals surface area contributed by atoms with E-state index >= 15 is 0 Å². The van der Waals surface area contributed by atoms with Gasteiger partial charge in [-0.1, -0.05) is 30.3 Å². The molecule has 4 aromatic rings. The number of amides is 1. The largest absolute Gasteiger partial charge is 0.497 e. The molecule has 0 spiro atoms. The number of anilines is 3. The van der Waals surface area contributed by atoms with Gasteiger partial charge in [0.05, 0.1) is 26.9 Å². The van der Waals surface area contributed by atoms with Crippen molar-refractivity contribution in [3.8, 4) is 23.0 Å². The summed E-state index contributed by atoms with van der Waals surface area (Å²) in [6.45, 7) is 11.7. The van der Waals surface area contributed by atoms with Crippen molar-refractivity contribution >= 4 is 23.5 Å². The molecule has 1 aliphatic rings. The topological polar surface area (TPSA) is 102 Å². The highest BCUT2D eigenvalue weighted by molar-refractivity contribution is 5.89. The summed E-state index contributed by atoms with van der Waals surface area (Å²) >= 11 is 0. The Morgan fingerprint density at radius 2 is 1.69 bits per heavy atom. The van der Waals surface area contributed by atoms with Gasteiger partial charge in [-0.3, -0.25) is 4.90 Å². The average Bonchev–Trinajstić information content (AvgIpc) is 3.10. The zero-order chi connectivity index (χ0) is 34.0. The number of piperazine rings is 1. The fourth-order valence-electron chi connectivity index (χ4n) is 5.68. The van der Waals surface area contributed by atoms with Gasteiger partial charge < -0.3 is 34.1 Å². The maximum absolute atomic E-state index is 13.9. The second kappa shape index (κ2) is 16.3. The molecule has 1 aliphatic heterocycles. The van der Waals surface area contributed by atoms with E-state index in [4.69, 9.17) is 23.9 Å². The SMILES string of the molecule is COc1cccc([C@@H](C)N(C(=O)Oc2c(C)cccc2C)c2ccnc(Nc3ccc(OCCCN4CCN(C)CC4)c(OC)c3)n2)c1. The summed E-state index contributed by atoms with van der Waals surface area (Å²) in [5.41, 5.74) is 3.28. The highest BCUT2D eigenvalue weighted by Crippen LogP contribution is 2.33. The van der Waals surface area contributed by atoms with Crippen LogP contribution in [0.25, 0.3) is 0 Å². The Balaban J connectivity index is 1.33. The Bertz CT molecular complexity index is 1660. The van der Waals surface area contributed by atoms with Crippen LogP contribution in [-0.4, -0.2) is 86.5 Å². The van der Waals surface area contributed by atoms with E-state index in [9.17, 15) is 4.79 Å². The van der Waals surface area contributed by atoms with Crippen LogP contribution >= 0.6 is 0 Å². The fraction of sp³-hybridized carbons (Fsp3) is 0.378. The maximum Gasteiger partial charge on any atom is 0.421 e. The standard InChI is InChI=1S/C37H46N6O5/c1-26-10-7-11-27(2)35(26)48-37(44)43(28(3)29-12-8-13-31(24-29)45-5)34-16-17-38-36(40-34)39-30-14-15-32(33(25-30)46-6)47-23-9-18-42-21-19-41(4)20-22-42/h7-8,10-17,24-25,28H,9,18-23H2,1-6H3,(H,38,39,40)/t28-/m1/s1. The first-order chi connectivity index (χ1) is 23.2. The number of carbonyl (C=O) groups is 1. The lowest BCUT2D eigenvalue weighted by atomic mass is 10.1. The molecule has 0 saturated carbocycles. The normalized spacial score (nSPS) is 14.2. The summed E-state index contributed by atoms with van der Waals surface area (Å²) in [5, 5.41) is 3.25. The Kier molecular flexibility index (Phi) is 11.7. The van der Waals surface area contributed by atoms with Gasteiger partial charge in [0.2, 0.25) is 5.95 Å². The van der Waals surface area contributed by atoms with Gasteiger partial charge in [0.15, 0.2) is 11.5 Å². The van der Waals surface area contributed by atoms with Crippen LogP contribution in [0.2, 0.25) is 0 Å². The number of rotatable bonds is 13. The number of ether oxygens (including phenoxy) is 4. The first-order valence-corrected chi connectivity index (χ1v) is 16.3. The van der Waals surface area contributed by atoms with Crippen LogP contribution in [0.15, 0.2) is 72.9 Å². The third kappa shape index (κ3) is 8.72. The predicted octanol–water partition coefficient (Wildman–Crippen LogP) is 6.64. The molecule has 1 amide bonds. The number of likely N-dealkylation sites (N-methyl/N-ethyl adjacent to an activating group) is 1. The minimum atomic E-state index is -0.567. The molecule has 0 aliphatic carbocycles. The second-order valence-electron chi connectivity index (χ2n) is 12.0. The lowest BCUT2D eigenvalue weighted by Gasteiger charge is -2.32. The van der Waals surface area contributed by atoms with E-state index in [2.05, 4.69) is 27.1 Å². The van der Waals surface area contributed by atoms with E-state index < -0.39 is 12.1 Å². The lowest BCUT2D eigenvalue weighted by molar-refractivity contribution is 0.145. The number of carbonyl (C=O) groups excluding carboxylic acids is 1. The van der Waals surface area contributed by atoms with E-state index in [-0.39, 0.29) is 0 Å². The number of nitrogens with one attached hydrogen (secondary N) is 1. The van der Waals surface area contributed by atoms with Crippen molar-refractivity contribution < 1.29 is 23.7 Å². The van der Waals surface area contributed by atoms with Crippen molar-refractivity contribution in [2.75, 3.05) is 70.8 Å². The van der Waals surface area contributed by atoms with E-state index in [1.54, 1.807) is 26.5 Å². The first-order valence-electron chi connectivity index (χ1n) is 16.3. The minimum Gasteiger partial charge on any atom is -0.497 e. The lowest BCUT2D eigenvalue weighted by Crippen LogP contribution is -2.44. The van der Waals surface area contributed by atoms with Crippen LogP contribution in [0.5, 0.6) is 23.0 Å². The molecular formula is C37H46N6O5. The van der Waals surface area contributed by atoms with E-state index in [0.717, 1.165) is 55.8 Å². The van der Waals surface area contributed by atoms with Crippen LogP contribution in [0, 0.1) is 13.8 Å². The number of nitrogens with zero attached hydrogens (tertiary/aromatic N) is 5. The second-order valence-corrected chi connectivity index (χ2v) is 12.0. The van der Waals surface area contributed by atoms with Gasteiger partial charge in [0, 0.05) is 50.7 Å². The fourth-order valence-corrected chi connectivity index (χ4v) is 5.68. The molecule has 48 heavy (non-hydrogen) atoms. The zero-order valence-corrected chi connectivity index (χ0v) is 28.7. The summed E-state index contributed by atoms with van der Waals surface area (Å²) in [6.07, 6.45) is 1.98. The van der Waals surface area contributed by atoms with Crippen molar-refractivity contribution in [1.29, 1.82) is 0 Å². The quantitative estimate of drug-likeness (QED) is 0.158. The van der Waals surface area contributed by atoms with E-state index in [1.165, 1.54) is 4.90 Å². The van der Waals surface area contributed by atoms with Crippen LogP contribution in [-0.2, 0) is 0 Å². The summed E-state index contributed by atoms with van der Waals surface area (Å²) in [6, 6.07) is 20.2. The van der Waals surface area contributed by atoms with Gasteiger partial charge in [0.25, 0.3) is 0 Å². The maximum atomic E-state index is 13.9. The van der Waals surface area contributed by atoms with Crippen molar-refractivity contribution in [1.82, 2.24) is 19.8 Å². The molecule has 1 saturated heterocycles. The molecule has 2 heterocycles. The smallest absolute Gasteiger partial charge is 0.421 e. The van der Waals surface area contributed by atoms with Gasteiger partial charge in [-0.2, -0.15) is 4.98 Å². The number of aromatic nitrogens is 2. The van der Waals surface area contributed by atoms with Crippen molar-refractivity contribution in [3.05, 3.63) is 89.6 Å². The Morgan fingerprint density at radius 1 is 0.938 bits per heavy atom. The highest BCUT2D eigenvalue weighted by Gasteiger charge is 2.28. The first kappa shape index (κ1) is 34.5. The third-order valence-electron chi connectivity index (χ3n) is 8.54. The summed E-state index contributed by atoms with van der Waals surface area (Å²) in [4.78, 5) is 29.5. The molecule has 3 aromatic carbocycles. The van der Waals surface area contributed by atoms with Crippen molar-refractivity contribution in [2.45, 2.75) is 33.2 Å². The van der Waals surface area contributed by atoms with Gasteiger partial charge in [-0.05, 0) is 81.3 Å². The molecule has 11 nitrogen and oxygen atoms in total. The predicted molar refractivity (Wildman–Crippen MR) is 188 cm³/mol. The molecule has 254 valence electrons. The minimum absolute atomic E-state index is 0.304. The van der Waals surface area contributed by atoms with Gasteiger partial charge in [-0.25, -0.2) is 9.78 Å². The number of para-hydroxylation sites is 1. The number of hydrogen-bond acceptors (Lipinski definition) is 10. The molecule has 0 bridgehead atoms. The van der Waals surface area contributed by atoms with Crippen LogP contribution in [0.4, 0.5) is 22.2 Å². The monoisotopic (exact) mass is 654 g/mol. The molecule has 1 fully saturated rings. The Hall–Kier alpha value is -4.87. The number of methoxy groups -OCH3 is 2. The highest BCUT2D eigenvalue weighted by atomic mass is 16.6. The molecule has 1 atom stereocenters. The molecule has 1 N–H and O–H groups in total. The van der Waals surface area contributed by atoms with Crippen LogP contribution in [0.3, 0.4) is 0 Å². The molecule has 11 heteroatoms. The number of hydrogen-bond donors (Lipinski definition) is 1. The number of aryl methyl sites for hydroxylation is 2. The van der Waals surface area contributed by atoms with Gasteiger partial charge in [0.1, 0.15) is 17.3 Å². The molecule has 0 radical (unpaired) electrons. The third-order valence-corrected chi connectivity index (χ3v) is 8.54. The van der Waals surface area contributed by atoms with E-state index in [1.807, 2.05) is 81.4 Å². The molecule has 5 rings (SSSR count). The average molecular weight is 655 g/mol. The van der Waals surface area contributed by atoms with Crippen LogP contribution in [0.1, 0.15) is 36.1 Å². The molecule has 1 aromatic heterocycles. The summed E-state index contributed by atoms with van der Waals surface area (Å²) < 4.78 is 23.2.